The van der Waals surface area contributed by atoms with E-state index in [0.717, 1.165) is 11.1 Å². The molecule has 0 radical (unpaired) electrons. The van der Waals surface area contributed by atoms with Crippen molar-refractivity contribution < 1.29 is 24.6 Å². The molecule has 1 fully saturated rings. The fourth-order valence-electron chi connectivity index (χ4n) is 4.36. The number of nitrogens with zero attached hydrogens (tertiary/aromatic N) is 2. The maximum Gasteiger partial charge on any atom is 0.352 e. The lowest BCUT2D eigenvalue weighted by atomic mass is 9.82. The maximum absolute atomic E-state index is 12.4. The number of hydrogen-bond donors (Lipinski definition) is 4. The molecule has 1 aromatic carbocycles. The number of fused-ring (bicyclic) bond motifs is 1. The highest BCUT2D eigenvalue weighted by Gasteiger charge is 2.56. The van der Waals surface area contributed by atoms with Crippen LogP contribution in [0.15, 0.2) is 54.5 Å². The van der Waals surface area contributed by atoms with E-state index in [2.05, 4.69) is 15.6 Å². The van der Waals surface area contributed by atoms with Crippen LogP contribution in [0.4, 0.5) is 5.69 Å². The zero-order chi connectivity index (χ0) is 22.8. The number of aliphatic hydroxyl groups is 1. The van der Waals surface area contributed by atoms with E-state index in [0.29, 0.717) is 24.2 Å². The minimum absolute atomic E-state index is 0.0151. The molecule has 4 N–H and O–H groups in total. The van der Waals surface area contributed by atoms with Crippen molar-refractivity contribution in [1.82, 2.24) is 15.2 Å². The average molecular weight is 436 g/mol. The summed E-state index contributed by atoms with van der Waals surface area (Å²) in [6, 6.07) is 10.4. The monoisotopic (exact) mass is 436 g/mol. The molecule has 3 heterocycles. The number of aliphatic carboxylic acids is 1. The number of pyridine rings is 1. The number of benzene rings is 1. The molecular formula is C23H24N4O5. The largest absolute Gasteiger partial charge is 0.477 e. The van der Waals surface area contributed by atoms with Crippen molar-refractivity contribution in [2.75, 3.05) is 11.9 Å². The van der Waals surface area contributed by atoms with Crippen LogP contribution < -0.4 is 10.6 Å². The average Bonchev–Trinajstić information content (AvgIpc) is 3.10. The van der Waals surface area contributed by atoms with E-state index in [-0.39, 0.29) is 30.1 Å². The molecule has 2 aliphatic rings. The SMILES string of the molecule is C[C@@H](O)[C@H]1C(=O)N2C(C(=O)O)=C(c3cccc(CNCC(=O)Nc4ccncc4)c3)C[C@H]12. The van der Waals surface area contributed by atoms with Crippen LogP contribution in [0.3, 0.4) is 0 Å². The lowest BCUT2D eigenvalue weighted by Crippen LogP contribution is -2.61. The van der Waals surface area contributed by atoms with Gasteiger partial charge in [-0.05, 0) is 42.2 Å². The summed E-state index contributed by atoms with van der Waals surface area (Å²) in [4.78, 5) is 41.6. The molecule has 1 saturated heterocycles. The molecule has 1 aromatic heterocycles. The highest BCUT2D eigenvalue weighted by atomic mass is 16.4. The fraction of sp³-hybridized carbons (Fsp3) is 0.304. The van der Waals surface area contributed by atoms with Crippen LogP contribution in [-0.2, 0) is 20.9 Å². The van der Waals surface area contributed by atoms with E-state index in [9.17, 15) is 24.6 Å². The van der Waals surface area contributed by atoms with E-state index in [1.54, 1.807) is 31.5 Å². The van der Waals surface area contributed by atoms with E-state index in [4.69, 9.17) is 0 Å². The molecule has 4 rings (SSSR count). The molecule has 2 amide bonds. The number of anilines is 1. The molecule has 0 spiro atoms. The number of carboxylic acids is 1. The Morgan fingerprint density at radius 1 is 1.25 bits per heavy atom. The molecular weight excluding hydrogens is 412 g/mol. The van der Waals surface area contributed by atoms with Crippen molar-refractivity contribution in [1.29, 1.82) is 0 Å². The van der Waals surface area contributed by atoms with Crippen LogP contribution in [0.25, 0.3) is 5.57 Å². The Bertz CT molecular complexity index is 1080. The first-order valence-corrected chi connectivity index (χ1v) is 10.3. The van der Waals surface area contributed by atoms with Crippen molar-refractivity contribution in [3.05, 3.63) is 65.6 Å². The van der Waals surface area contributed by atoms with Gasteiger partial charge < -0.3 is 25.7 Å². The van der Waals surface area contributed by atoms with Crippen LogP contribution >= 0.6 is 0 Å². The molecule has 0 bridgehead atoms. The summed E-state index contributed by atoms with van der Waals surface area (Å²) in [5.41, 5.74) is 2.83. The van der Waals surface area contributed by atoms with Crippen molar-refractivity contribution in [3.8, 4) is 0 Å². The molecule has 3 atom stereocenters. The summed E-state index contributed by atoms with van der Waals surface area (Å²) in [7, 11) is 0. The zero-order valence-corrected chi connectivity index (χ0v) is 17.5. The van der Waals surface area contributed by atoms with Gasteiger partial charge in [0.2, 0.25) is 11.8 Å². The van der Waals surface area contributed by atoms with E-state index >= 15 is 0 Å². The molecule has 2 aromatic rings. The number of rotatable bonds is 8. The van der Waals surface area contributed by atoms with Gasteiger partial charge >= 0.3 is 5.97 Å². The van der Waals surface area contributed by atoms with Crippen LogP contribution in [-0.4, -0.2) is 56.6 Å². The molecule has 2 aliphatic heterocycles. The third-order valence-electron chi connectivity index (χ3n) is 5.79. The minimum atomic E-state index is -1.16. The molecule has 0 unspecified atom stereocenters. The molecule has 32 heavy (non-hydrogen) atoms. The molecule has 9 heteroatoms. The van der Waals surface area contributed by atoms with Gasteiger partial charge in [-0.25, -0.2) is 4.79 Å². The molecule has 0 aliphatic carbocycles. The van der Waals surface area contributed by atoms with Gasteiger partial charge in [0.25, 0.3) is 0 Å². The van der Waals surface area contributed by atoms with Gasteiger partial charge in [-0.15, -0.1) is 0 Å². The number of aromatic nitrogens is 1. The minimum Gasteiger partial charge on any atom is -0.477 e. The second-order valence-corrected chi connectivity index (χ2v) is 7.97. The Hall–Kier alpha value is -3.56. The number of hydrogen-bond acceptors (Lipinski definition) is 6. The highest BCUT2D eigenvalue weighted by Crippen LogP contribution is 2.46. The normalized spacial score (nSPS) is 20.6. The van der Waals surface area contributed by atoms with Gasteiger partial charge in [0.05, 0.1) is 24.6 Å². The lowest BCUT2D eigenvalue weighted by Gasteiger charge is -2.44. The van der Waals surface area contributed by atoms with Gasteiger partial charge in [-0.1, -0.05) is 24.3 Å². The number of β-lactam (4-membered cyclic amide) rings is 1. The van der Waals surface area contributed by atoms with Gasteiger partial charge in [-0.2, -0.15) is 0 Å². The maximum atomic E-state index is 12.4. The third kappa shape index (κ3) is 4.12. The van der Waals surface area contributed by atoms with Gasteiger partial charge in [-0.3, -0.25) is 14.6 Å². The van der Waals surface area contributed by atoms with Crippen LogP contribution in [0.2, 0.25) is 0 Å². The summed E-state index contributed by atoms with van der Waals surface area (Å²) in [5.74, 6) is -2.27. The number of carbonyl (C=O) groups excluding carboxylic acids is 2. The first kappa shape index (κ1) is 21.7. The second-order valence-electron chi connectivity index (χ2n) is 7.97. The first-order valence-electron chi connectivity index (χ1n) is 10.3. The molecule has 0 saturated carbocycles. The first-order chi connectivity index (χ1) is 15.4. The summed E-state index contributed by atoms with van der Waals surface area (Å²) in [5, 5.41) is 25.5. The zero-order valence-electron chi connectivity index (χ0n) is 17.5. The molecule has 9 nitrogen and oxygen atoms in total. The Kier molecular flexibility index (Phi) is 6.02. The van der Waals surface area contributed by atoms with E-state index in [1.807, 2.05) is 24.3 Å². The summed E-state index contributed by atoms with van der Waals surface area (Å²) < 4.78 is 0. The quantitative estimate of drug-likeness (QED) is 0.458. The second kappa shape index (κ2) is 8.89. The lowest BCUT2D eigenvalue weighted by molar-refractivity contribution is -0.161. The van der Waals surface area contributed by atoms with Crippen molar-refractivity contribution in [2.24, 2.45) is 5.92 Å². The number of aliphatic hydroxyl groups excluding tert-OH is 1. The third-order valence-corrected chi connectivity index (χ3v) is 5.79. The van der Waals surface area contributed by atoms with Gasteiger partial charge in [0.15, 0.2) is 0 Å². The summed E-state index contributed by atoms with van der Waals surface area (Å²) in [6.07, 6.45) is 2.75. The standard InChI is InChI=1S/C23H24N4O5/c1-13(28)20-18-10-17(21(23(31)32)27(18)22(20)30)15-4-2-3-14(9-15)11-25-12-19(29)26-16-5-7-24-8-6-16/h2-9,13,18,20,25,28H,10-12H2,1H3,(H,31,32)(H,24,26,29)/t13-,18-,20-/m1/s1. The van der Waals surface area contributed by atoms with Gasteiger partial charge in [0, 0.05) is 24.6 Å². The van der Waals surface area contributed by atoms with E-state index < -0.39 is 18.0 Å². The predicted molar refractivity (Wildman–Crippen MR) is 116 cm³/mol. The summed E-state index contributed by atoms with van der Waals surface area (Å²) in [6.45, 7) is 2.07. The summed E-state index contributed by atoms with van der Waals surface area (Å²) >= 11 is 0. The molecule has 166 valence electrons. The Labute approximate surface area is 184 Å². The number of carbonyl (C=O) groups is 3. The smallest absolute Gasteiger partial charge is 0.352 e. The Balaban J connectivity index is 1.43. The number of amides is 2. The fourth-order valence-corrected chi connectivity index (χ4v) is 4.36. The van der Waals surface area contributed by atoms with Crippen LogP contribution in [0.1, 0.15) is 24.5 Å². The van der Waals surface area contributed by atoms with Crippen molar-refractivity contribution >= 4 is 29.0 Å². The Morgan fingerprint density at radius 3 is 2.69 bits per heavy atom. The van der Waals surface area contributed by atoms with Crippen LogP contribution in [0.5, 0.6) is 0 Å². The topological polar surface area (TPSA) is 132 Å². The van der Waals surface area contributed by atoms with Crippen LogP contribution in [0, 0.1) is 5.92 Å². The van der Waals surface area contributed by atoms with E-state index in [1.165, 1.54) is 4.90 Å². The van der Waals surface area contributed by atoms with Crippen molar-refractivity contribution in [2.45, 2.75) is 32.0 Å². The number of nitrogens with one attached hydrogen (secondary N) is 2. The number of carboxylic acid groups (broad SMARTS) is 1. The predicted octanol–water partition coefficient (Wildman–Crippen LogP) is 1.22. The van der Waals surface area contributed by atoms with Crippen molar-refractivity contribution in [3.63, 3.8) is 0 Å². The van der Waals surface area contributed by atoms with Gasteiger partial charge in [0.1, 0.15) is 5.70 Å². The highest BCUT2D eigenvalue weighted by molar-refractivity contribution is 6.06. The Morgan fingerprint density at radius 2 is 2.00 bits per heavy atom.